The summed E-state index contributed by atoms with van der Waals surface area (Å²) < 4.78 is 50.8. The number of aliphatic hydroxyl groups is 1. The van der Waals surface area contributed by atoms with E-state index < -0.39 is 43.9 Å². The molecule has 2 aliphatic rings. The van der Waals surface area contributed by atoms with Gasteiger partial charge in [0.2, 0.25) is 0 Å². The molecule has 1 aromatic carbocycles. The minimum Gasteiger partial charge on any atom is -0.390 e. The molecule has 40 heavy (non-hydrogen) atoms. The van der Waals surface area contributed by atoms with Crippen molar-refractivity contribution in [2.24, 2.45) is 0 Å². The van der Waals surface area contributed by atoms with E-state index in [1.54, 1.807) is 0 Å². The van der Waals surface area contributed by atoms with Gasteiger partial charge in [0.15, 0.2) is 11.3 Å². The first-order valence-corrected chi connectivity index (χ1v) is 17.1. The van der Waals surface area contributed by atoms with Crippen LogP contribution < -0.4 is 10.6 Å². The van der Waals surface area contributed by atoms with Gasteiger partial charge in [0.05, 0.1) is 30.1 Å². The number of hydrogen-bond donors (Lipinski definition) is 3. The van der Waals surface area contributed by atoms with Gasteiger partial charge in [0.1, 0.15) is 36.7 Å². The number of benzene rings is 1. The Morgan fingerprint density at radius 3 is 2.77 bits per heavy atom. The average molecular weight is 578 g/mol. The van der Waals surface area contributed by atoms with Gasteiger partial charge in [-0.25, -0.2) is 27.8 Å². The number of amides is 1. The SMILES string of the molecule is C[Si](C)(C)CCOCn1nc(C(=O)N2C[C@@H](F)C[C@@H]2c2cc(F)ccc2F)c2c(N[C@@H]3CNC[C@H]3O)ncnc21. The Labute approximate surface area is 230 Å². The van der Waals surface area contributed by atoms with Gasteiger partial charge in [0, 0.05) is 39.8 Å². The van der Waals surface area contributed by atoms with Crippen LogP contribution in [0.25, 0.3) is 11.0 Å². The molecule has 2 fully saturated rings. The lowest BCUT2D eigenvalue weighted by molar-refractivity contribution is 0.0702. The van der Waals surface area contributed by atoms with Crippen LogP contribution in [-0.2, 0) is 11.5 Å². The van der Waals surface area contributed by atoms with Gasteiger partial charge in [-0.15, -0.1) is 0 Å². The standard InChI is InChI=1S/C26H34F3N7O3Si/c1-40(2,3)7-6-39-14-36-25-22(24(31-13-32-25)33-19-10-30-11-21(19)37)23(34-36)26(38)35-12-16(28)9-20(35)17-8-15(27)4-5-18(17)29/h4-5,8,13,16,19-21,30,37H,6-7,9-12,14H2,1-3H3,(H,31,32,33)/t16-,19+,20+,21+/m0/s1. The second kappa shape index (κ2) is 11.4. The molecule has 0 spiro atoms. The highest BCUT2D eigenvalue weighted by Gasteiger charge is 2.40. The maximum Gasteiger partial charge on any atom is 0.275 e. The Morgan fingerprint density at radius 2 is 2.05 bits per heavy atom. The molecule has 14 heteroatoms. The van der Waals surface area contributed by atoms with E-state index in [1.165, 1.54) is 15.9 Å². The van der Waals surface area contributed by atoms with Crippen LogP contribution in [0, 0.1) is 11.6 Å². The van der Waals surface area contributed by atoms with E-state index in [-0.39, 0.29) is 48.2 Å². The second-order valence-electron chi connectivity index (χ2n) is 11.6. The van der Waals surface area contributed by atoms with E-state index in [0.29, 0.717) is 25.3 Å². The van der Waals surface area contributed by atoms with Crippen molar-refractivity contribution in [1.29, 1.82) is 0 Å². The lowest BCUT2D eigenvalue weighted by Gasteiger charge is -2.24. The van der Waals surface area contributed by atoms with Crippen molar-refractivity contribution in [1.82, 2.24) is 30.0 Å². The number of aliphatic hydroxyl groups excluding tert-OH is 1. The average Bonchev–Trinajstić information content (AvgIpc) is 3.60. The Kier molecular flexibility index (Phi) is 8.13. The molecule has 2 aromatic heterocycles. The summed E-state index contributed by atoms with van der Waals surface area (Å²) in [5.41, 5.74) is 0.156. The molecular formula is C26H34F3N7O3Si. The molecule has 4 heterocycles. The second-order valence-corrected chi connectivity index (χ2v) is 17.2. The summed E-state index contributed by atoms with van der Waals surface area (Å²) in [4.78, 5) is 23.9. The molecule has 0 bridgehead atoms. The number of nitrogens with one attached hydrogen (secondary N) is 2. The minimum absolute atomic E-state index is 0.0199. The Morgan fingerprint density at radius 1 is 1.25 bits per heavy atom. The zero-order chi connectivity index (χ0) is 28.6. The first kappa shape index (κ1) is 28.5. The minimum atomic E-state index is -1.43. The topological polar surface area (TPSA) is 117 Å². The number of ether oxygens (including phenoxy) is 1. The molecule has 0 unspecified atom stereocenters. The van der Waals surface area contributed by atoms with Crippen LogP contribution in [0.15, 0.2) is 24.5 Å². The smallest absolute Gasteiger partial charge is 0.275 e. The lowest BCUT2D eigenvalue weighted by atomic mass is 10.0. The normalized spacial score (nSPS) is 23.3. The maximum atomic E-state index is 14.7. The van der Waals surface area contributed by atoms with Gasteiger partial charge in [0.25, 0.3) is 5.91 Å². The number of halogens is 3. The van der Waals surface area contributed by atoms with Gasteiger partial charge in [-0.05, 0) is 24.2 Å². The summed E-state index contributed by atoms with van der Waals surface area (Å²) in [5, 5.41) is 21.4. The first-order chi connectivity index (χ1) is 19.0. The van der Waals surface area contributed by atoms with Gasteiger partial charge in [-0.3, -0.25) is 4.79 Å². The molecule has 216 valence electrons. The maximum absolute atomic E-state index is 14.7. The number of carbonyl (C=O) groups is 1. The molecule has 2 aliphatic heterocycles. The van der Waals surface area contributed by atoms with Gasteiger partial charge in [-0.1, -0.05) is 19.6 Å². The van der Waals surface area contributed by atoms with Crippen molar-refractivity contribution in [3.63, 3.8) is 0 Å². The number of β-amino-alcohol motifs (C(OH)–C–C–N with tert-alkyl or cyclic N) is 1. The quantitative estimate of drug-likeness (QED) is 0.263. The Balaban J connectivity index is 1.52. The molecule has 0 saturated carbocycles. The molecule has 1 amide bonds. The molecule has 4 atom stereocenters. The highest BCUT2D eigenvalue weighted by molar-refractivity contribution is 6.76. The van der Waals surface area contributed by atoms with E-state index in [9.17, 15) is 23.1 Å². The number of nitrogens with zero attached hydrogens (tertiary/aromatic N) is 5. The molecule has 3 N–H and O–H groups in total. The largest absolute Gasteiger partial charge is 0.390 e. The summed E-state index contributed by atoms with van der Waals surface area (Å²) in [6.45, 7) is 7.80. The van der Waals surface area contributed by atoms with Crippen molar-refractivity contribution in [2.45, 2.75) is 63.2 Å². The lowest BCUT2D eigenvalue weighted by Crippen LogP contribution is -2.33. The third-order valence-electron chi connectivity index (χ3n) is 7.27. The van der Waals surface area contributed by atoms with Crippen LogP contribution >= 0.6 is 0 Å². The van der Waals surface area contributed by atoms with Crippen LogP contribution in [0.3, 0.4) is 0 Å². The number of aromatic nitrogens is 4. The summed E-state index contributed by atoms with van der Waals surface area (Å²) in [6.07, 6.45) is -0.961. The predicted molar refractivity (Wildman–Crippen MR) is 145 cm³/mol. The number of fused-ring (bicyclic) bond motifs is 1. The van der Waals surface area contributed by atoms with E-state index in [0.717, 1.165) is 24.2 Å². The van der Waals surface area contributed by atoms with Gasteiger partial charge < -0.3 is 25.4 Å². The zero-order valence-corrected chi connectivity index (χ0v) is 23.7. The summed E-state index contributed by atoms with van der Waals surface area (Å²) >= 11 is 0. The van der Waals surface area contributed by atoms with Crippen molar-refractivity contribution < 1.29 is 27.8 Å². The molecular weight excluding hydrogens is 543 g/mol. The number of rotatable bonds is 9. The number of likely N-dealkylation sites (tertiary alicyclic amines) is 1. The summed E-state index contributed by atoms with van der Waals surface area (Å²) in [6, 6.07) is 2.47. The van der Waals surface area contributed by atoms with E-state index in [1.807, 2.05) is 0 Å². The molecule has 0 aliphatic carbocycles. The summed E-state index contributed by atoms with van der Waals surface area (Å²) in [7, 11) is -1.34. The van der Waals surface area contributed by atoms with E-state index in [2.05, 4.69) is 45.3 Å². The van der Waals surface area contributed by atoms with Crippen LogP contribution in [0.4, 0.5) is 19.0 Å². The van der Waals surface area contributed by atoms with Crippen LogP contribution in [0.5, 0.6) is 0 Å². The van der Waals surface area contributed by atoms with E-state index in [4.69, 9.17) is 4.74 Å². The molecule has 2 saturated heterocycles. The fourth-order valence-corrected chi connectivity index (χ4v) is 5.84. The first-order valence-electron chi connectivity index (χ1n) is 13.4. The summed E-state index contributed by atoms with van der Waals surface area (Å²) in [5.74, 6) is -1.79. The monoisotopic (exact) mass is 577 g/mol. The molecule has 0 radical (unpaired) electrons. The zero-order valence-electron chi connectivity index (χ0n) is 22.7. The number of carbonyl (C=O) groups excluding carboxylic acids is 1. The third-order valence-corrected chi connectivity index (χ3v) is 8.98. The third kappa shape index (κ3) is 5.99. The van der Waals surface area contributed by atoms with Gasteiger partial charge in [-0.2, -0.15) is 5.10 Å². The van der Waals surface area contributed by atoms with Crippen molar-refractivity contribution >= 4 is 30.8 Å². The predicted octanol–water partition coefficient (Wildman–Crippen LogP) is 3.09. The molecule has 3 aromatic rings. The van der Waals surface area contributed by atoms with Crippen LogP contribution in [0.1, 0.15) is 28.5 Å². The van der Waals surface area contributed by atoms with Crippen molar-refractivity contribution in [2.75, 3.05) is 31.6 Å². The van der Waals surface area contributed by atoms with Crippen molar-refractivity contribution in [3.05, 3.63) is 47.4 Å². The number of anilines is 1. The number of alkyl halides is 1. The fourth-order valence-electron chi connectivity index (χ4n) is 5.08. The highest BCUT2D eigenvalue weighted by Crippen LogP contribution is 2.37. The highest BCUT2D eigenvalue weighted by atomic mass is 28.3. The Hall–Kier alpha value is -3.07. The number of hydrogen-bond acceptors (Lipinski definition) is 8. The van der Waals surface area contributed by atoms with Crippen LogP contribution in [-0.4, -0.2) is 88.3 Å². The van der Waals surface area contributed by atoms with E-state index >= 15 is 0 Å². The molecule has 5 rings (SSSR count). The Bertz CT molecular complexity index is 1390. The van der Waals surface area contributed by atoms with Gasteiger partial charge >= 0.3 is 0 Å². The van der Waals surface area contributed by atoms with Crippen LogP contribution in [0.2, 0.25) is 25.7 Å². The van der Waals surface area contributed by atoms with Crippen molar-refractivity contribution in [3.8, 4) is 0 Å². The molecule has 10 nitrogen and oxygen atoms in total. The fraction of sp³-hybridized carbons (Fsp3) is 0.538.